The average molecular weight is 304 g/mol. The second-order valence-electron chi connectivity index (χ2n) is 4.86. The Balaban J connectivity index is 2.06. The van der Waals surface area contributed by atoms with Gasteiger partial charge in [0.1, 0.15) is 12.4 Å². The van der Waals surface area contributed by atoms with Gasteiger partial charge in [-0.1, -0.05) is 18.1 Å². The predicted octanol–water partition coefficient (Wildman–Crippen LogP) is 3.06. The Kier molecular flexibility index (Phi) is 5.82. The number of terminal acetylenes is 1. The molecule has 112 valence electrons. The molecular weight excluding hydrogens is 284 g/mol. The van der Waals surface area contributed by atoms with E-state index in [0.717, 1.165) is 24.5 Å². The zero-order valence-corrected chi connectivity index (χ0v) is 13.0. The van der Waals surface area contributed by atoms with Crippen molar-refractivity contribution in [2.45, 2.75) is 19.4 Å². The van der Waals surface area contributed by atoms with E-state index < -0.39 is 0 Å². The summed E-state index contributed by atoms with van der Waals surface area (Å²) in [6.07, 6.45) is 6.23. The summed E-state index contributed by atoms with van der Waals surface area (Å²) in [6, 6.07) is 7.50. The molecule has 0 bridgehead atoms. The average Bonchev–Trinajstić information content (AvgIpc) is 2.71. The molecular formula is C16H20N2O2S. The topological polar surface area (TPSA) is 41.6 Å². The predicted molar refractivity (Wildman–Crippen MR) is 87.9 cm³/mol. The third-order valence-electron chi connectivity index (χ3n) is 3.39. The largest absolute Gasteiger partial charge is 0.479 e. The van der Waals surface area contributed by atoms with Gasteiger partial charge in [0.15, 0.2) is 0 Å². The summed E-state index contributed by atoms with van der Waals surface area (Å²) in [7, 11) is 0. The number of ether oxygens (including phenoxy) is 1. The number of amides is 2. The van der Waals surface area contributed by atoms with Gasteiger partial charge in [-0.05, 0) is 31.2 Å². The summed E-state index contributed by atoms with van der Waals surface area (Å²) in [5.74, 6) is 5.11. The molecule has 1 aliphatic rings. The molecule has 1 aromatic rings. The maximum absolute atomic E-state index is 12.5. The molecule has 2 amide bonds. The number of rotatable bonds is 3. The van der Waals surface area contributed by atoms with Gasteiger partial charge >= 0.3 is 6.03 Å². The van der Waals surface area contributed by atoms with E-state index in [0.29, 0.717) is 11.4 Å². The van der Waals surface area contributed by atoms with Crippen molar-refractivity contribution in [2.75, 3.05) is 30.0 Å². The van der Waals surface area contributed by atoms with Gasteiger partial charge in [-0.3, -0.25) is 0 Å². The lowest BCUT2D eigenvalue weighted by atomic mass is 10.2. The lowest BCUT2D eigenvalue weighted by molar-refractivity contribution is 0.197. The second kappa shape index (κ2) is 7.84. The van der Waals surface area contributed by atoms with Crippen molar-refractivity contribution in [3.05, 3.63) is 24.3 Å². The molecule has 0 spiro atoms. The highest BCUT2D eigenvalue weighted by Gasteiger charge is 2.22. The van der Waals surface area contributed by atoms with Crippen molar-refractivity contribution in [1.82, 2.24) is 4.90 Å². The first-order valence-corrected chi connectivity index (χ1v) is 8.18. The van der Waals surface area contributed by atoms with Crippen LogP contribution in [-0.4, -0.2) is 41.6 Å². The maximum Gasteiger partial charge on any atom is 0.322 e. The molecule has 1 N–H and O–H groups in total. The highest BCUT2D eigenvalue weighted by Crippen LogP contribution is 2.25. The van der Waals surface area contributed by atoms with Crippen LogP contribution in [0, 0.1) is 12.3 Å². The number of nitrogens with zero attached hydrogens (tertiary/aromatic N) is 1. The highest BCUT2D eigenvalue weighted by atomic mass is 32.2. The maximum atomic E-state index is 12.5. The number of carbonyl (C=O) groups excluding carboxylic acids is 1. The highest BCUT2D eigenvalue weighted by molar-refractivity contribution is 7.99. The van der Waals surface area contributed by atoms with E-state index in [2.05, 4.69) is 18.2 Å². The summed E-state index contributed by atoms with van der Waals surface area (Å²) < 4.78 is 5.45. The molecule has 0 radical (unpaired) electrons. The van der Waals surface area contributed by atoms with Crippen LogP contribution in [0.3, 0.4) is 0 Å². The molecule has 1 aromatic carbocycles. The van der Waals surface area contributed by atoms with E-state index >= 15 is 0 Å². The molecule has 1 heterocycles. The Morgan fingerprint density at radius 3 is 3.14 bits per heavy atom. The molecule has 0 aliphatic carbocycles. The van der Waals surface area contributed by atoms with Gasteiger partial charge in [0.25, 0.3) is 0 Å². The summed E-state index contributed by atoms with van der Waals surface area (Å²) in [5.41, 5.74) is 0.654. The molecule has 1 fully saturated rings. The fraction of sp³-hybridized carbons (Fsp3) is 0.438. The first-order valence-electron chi connectivity index (χ1n) is 7.03. The van der Waals surface area contributed by atoms with Crippen LogP contribution in [0.15, 0.2) is 24.3 Å². The zero-order valence-electron chi connectivity index (χ0n) is 12.2. The fourth-order valence-electron chi connectivity index (χ4n) is 2.20. The Morgan fingerprint density at radius 2 is 2.33 bits per heavy atom. The number of benzene rings is 1. The fourth-order valence-corrected chi connectivity index (χ4v) is 3.24. The van der Waals surface area contributed by atoms with Crippen LogP contribution >= 0.6 is 11.8 Å². The SMILES string of the molecule is C#CCOc1ccccc1NC(=O)N1CCSCC[C@H]1C. The minimum Gasteiger partial charge on any atom is -0.479 e. The van der Waals surface area contributed by atoms with Crippen LogP contribution in [0.2, 0.25) is 0 Å². The molecule has 0 saturated carbocycles. The van der Waals surface area contributed by atoms with E-state index in [1.165, 1.54) is 0 Å². The van der Waals surface area contributed by atoms with E-state index in [1.54, 1.807) is 6.07 Å². The third kappa shape index (κ3) is 4.33. The van der Waals surface area contributed by atoms with Gasteiger partial charge in [-0.2, -0.15) is 11.8 Å². The minimum atomic E-state index is -0.0817. The molecule has 5 heteroatoms. The van der Waals surface area contributed by atoms with Crippen molar-refractivity contribution in [3.63, 3.8) is 0 Å². The van der Waals surface area contributed by atoms with E-state index in [-0.39, 0.29) is 18.7 Å². The van der Waals surface area contributed by atoms with E-state index in [9.17, 15) is 4.79 Å². The Hall–Kier alpha value is -1.80. The number of carbonyl (C=O) groups is 1. The van der Waals surface area contributed by atoms with Gasteiger partial charge in [-0.25, -0.2) is 4.79 Å². The molecule has 1 aliphatic heterocycles. The molecule has 0 aromatic heterocycles. The van der Waals surface area contributed by atoms with Crippen molar-refractivity contribution in [1.29, 1.82) is 0 Å². The van der Waals surface area contributed by atoms with Crippen molar-refractivity contribution < 1.29 is 9.53 Å². The summed E-state index contributed by atoms with van der Waals surface area (Å²) in [5, 5.41) is 2.93. The van der Waals surface area contributed by atoms with Crippen molar-refractivity contribution >= 4 is 23.5 Å². The van der Waals surface area contributed by atoms with Gasteiger partial charge < -0.3 is 15.0 Å². The molecule has 21 heavy (non-hydrogen) atoms. The quantitative estimate of drug-likeness (QED) is 0.873. The van der Waals surface area contributed by atoms with Crippen LogP contribution in [-0.2, 0) is 0 Å². The smallest absolute Gasteiger partial charge is 0.322 e. The van der Waals surface area contributed by atoms with Crippen molar-refractivity contribution in [2.24, 2.45) is 0 Å². The molecule has 2 rings (SSSR count). The van der Waals surface area contributed by atoms with Crippen LogP contribution in [0.4, 0.5) is 10.5 Å². The molecule has 0 unspecified atom stereocenters. The standard InChI is InChI=1S/C16H20N2O2S/c1-3-10-20-15-7-5-4-6-14(15)17-16(19)18-9-12-21-11-8-13(18)2/h1,4-7,13H,8-12H2,2H3,(H,17,19)/t13-/m1/s1. The molecule has 1 saturated heterocycles. The summed E-state index contributed by atoms with van der Waals surface area (Å²) in [6.45, 7) is 3.04. The first-order chi connectivity index (χ1) is 10.2. The number of hydrogen-bond acceptors (Lipinski definition) is 3. The van der Waals surface area contributed by atoms with E-state index in [4.69, 9.17) is 11.2 Å². The number of urea groups is 1. The molecule has 4 nitrogen and oxygen atoms in total. The van der Waals surface area contributed by atoms with Gasteiger partial charge in [0.2, 0.25) is 0 Å². The summed E-state index contributed by atoms with van der Waals surface area (Å²) >= 11 is 1.89. The van der Waals surface area contributed by atoms with Crippen molar-refractivity contribution in [3.8, 4) is 18.1 Å². The summed E-state index contributed by atoms with van der Waals surface area (Å²) in [4.78, 5) is 14.4. The van der Waals surface area contributed by atoms with Gasteiger partial charge in [-0.15, -0.1) is 6.42 Å². The number of thioether (sulfide) groups is 1. The Morgan fingerprint density at radius 1 is 1.52 bits per heavy atom. The zero-order chi connectivity index (χ0) is 15.1. The monoisotopic (exact) mass is 304 g/mol. The van der Waals surface area contributed by atoms with Gasteiger partial charge in [0, 0.05) is 18.3 Å². The minimum absolute atomic E-state index is 0.0817. The first kappa shape index (κ1) is 15.6. The van der Waals surface area contributed by atoms with Crippen LogP contribution in [0.1, 0.15) is 13.3 Å². The Bertz CT molecular complexity index is 527. The van der Waals surface area contributed by atoms with Crippen LogP contribution < -0.4 is 10.1 Å². The third-order valence-corrected chi connectivity index (χ3v) is 4.38. The number of hydrogen-bond donors (Lipinski definition) is 1. The normalized spacial score (nSPS) is 18.5. The number of para-hydroxylation sites is 2. The second-order valence-corrected chi connectivity index (χ2v) is 6.09. The lowest BCUT2D eigenvalue weighted by Crippen LogP contribution is -2.42. The Labute approximate surface area is 130 Å². The van der Waals surface area contributed by atoms with Gasteiger partial charge in [0.05, 0.1) is 5.69 Å². The van der Waals surface area contributed by atoms with E-state index in [1.807, 2.05) is 34.9 Å². The molecule has 1 atom stereocenters. The number of nitrogens with one attached hydrogen (secondary N) is 1. The van der Waals surface area contributed by atoms with Crippen LogP contribution in [0.25, 0.3) is 0 Å². The van der Waals surface area contributed by atoms with Crippen LogP contribution in [0.5, 0.6) is 5.75 Å². The lowest BCUT2D eigenvalue weighted by Gasteiger charge is -2.27. The number of anilines is 1.